The fourth-order valence-electron chi connectivity index (χ4n) is 3.06. The summed E-state index contributed by atoms with van der Waals surface area (Å²) < 4.78 is 4.95. The second-order valence-electron chi connectivity index (χ2n) is 6.66. The quantitative estimate of drug-likeness (QED) is 0.857. The topological polar surface area (TPSA) is 75.4 Å². The van der Waals surface area contributed by atoms with Gasteiger partial charge < -0.3 is 14.7 Å². The van der Waals surface area contributed by atoms with Gasteiger partial charge in [0, 0.05) is 31.1 Å². The first-order valence-corrected chi connectivity index (χ1v) is 8.79. The summed E-state index contributed by atoms with van der Waals surface area (Å²) in [6.07, 6.45) is 4.73. The summed E-state index contributed by atoms with van der Waals surface area (Å²) in [6, 6.07) is 9.69. The van der Waals surface area contributed by atoms with Gasteiger partial charge in [-0.3, -0.25) is 9.59 Å². The number of amides is 2. The molecule has 26 heavy (non-hydrogen) atoms. The number of nitrogens with one attached hydrogen (secondary N) is 1. The molecule has 0 aliphatic carbocycles. The zero-order valence-electron chi connectivity index (χ0n) is 15.1. The van der Waals surface area contributed by atoms with E-state index in [0.29, 0.717) is 37.5 Å². The van der Waals surface area contributed by atoms with Gasteiger partial charge in [-0.25, -0.2) is 0 Å². The molecule has 1 aliphatic heterocycles. The number of anilines is 1. The van der Waals surface area contributed by atoms with Crippen LogP contribution >= 0.6 is 0 Å². The number of hydrogen-bond acceptors (Lipinski definition) is 4. The van der Waals surface area contributed by atoms with Crippen molar-refractivity contribution in [1.29, 1.82) is 0 Å². The van der Waals surface area contributed by atoms with Crippen LogP contribution in [0.3, 0.4) is 0 Å². The van der Waals surface area contributed by atoms with E-state index in [0.717, 1.165) is 11.1 Å². The van der Waals surface area contributed by atoms with Crippen LogP contribution < -0.4 is 5.32 Å². The maximum absolute atomic E-state index is 12.3. The van der Waals surface area contributed by atoms with E-state index in [1.165, 1.54) is 0 Å². The Morgan fingerprint density at radius 1 is 1.23 bits per heavy atom. The Bertz CT molecular complexity index is 817. The van der Waals surface area contributed by atoms with E-state index in [1.807, 2.05) is 37.3 Å². The Hall–Kier alpha value is -2.89. The highest BCUT2D eigenvalue weighted by Gasteiger charge is 2.27. The molecule has 0 radical (unpaired) electrons. The molecule has 0 saturated carbocycles. The highest BCUT2D eigenvalue weighted by molar-refractivity contribution is 5.93. The van der Waals surface area contributed by atoms with Gasteiger partial charge in [-0.15, -0.1) is 0 Å². The summed E-state index contributed by atoms with van der Waals surface area (Å²) >= 11 is 0. The third-order valence-corrected chi connectivity index (χ3v) is 4.52. The second kappa shape index (κ2) is 7.99. The Morgan fingerprint density at radius 2 is 2.00 bits per heavy atom. The van der Waals surface area contributed by atoms with E-state index in [-0.39, 0.29) is 17.7 Å². The number of piperidine rings is 1. The molecular weight excluding hydrogens is 330 g/mol. The maximum atomic E-state index is 12.3. The predicted octanol–water partition coefficient (Wildman–Crippen LogP) is 3.18. The molecule has 2 heterocycles. The number of likely N-dealkylation sites (tertiary alicyclic amines) is 1. The van der Waals surface area contributed by atoms with Crippen LogP contribution in [-0.4, -0.2) is 35.0 Å². The lowest BCUT2D eigenvalue weighted by Gasteiger charge is -2.30. The maximum Gasteiger partial charge on any atom is 0.246 e. The molecule has 0 bridgehead atoms. The molecule has 0 unspecified atom stereocenters. The van der Waals surface area contributed by atoms with Gasteiger partial charge in [0.1, 0.15) is 5.76 Å². The van der Waals surface area contributed by atoms with E-state index < -0.39 is 0 Å². The number of aryl methyl sites for hydroxylation is 2. The number of rotatable bonds is 4. The van der Waals surface area contributed by atoms with Crippen molar-refractivity contribution in [3.8, 4) is 0 Å². The van der Waals surface area contributed by atoms with Crippen LogP contribution in [-0.2, 0) is 9.59 Å². The number of benzene rings is 1. The molecule has 1 aromatic heterocycles. The van der Waals surface area contributed by atoms with Crippen LogP contribution in [0.15, 0.2) is 40.9 Å². The van der Waals surface area contributed by atoms with Gasteiger partial charge in [-0.2, -0.15) is 0 Å². The molecule has 6 heteroatoms. The monoisotopic (exact) mass is 353 g/mol. The Labute approximate surface area is 152 Å². The zero-order chi connectivity index (χ0) is 18.5. The van der Waals surface area contributed by atoms with Crippen LogP contribution in [0.2, 0.25) is 0 Å². The van der Waals surface area contributed by atoms with Gasteiger partial charge in [0.25, 0.3) is 0 Å². The standard InChI is InChI=1S/C20H23N3O3/c1-14-4-3-5-16(12-14)6-7-19(24)23-10-8-17(9-11-23)20(25)21-18-13-15(2)26-22-18/h3-7,12-13,17H,8-11H2,1-2H3,(H,21,22,25)/b7-6+. The van der Waals surface area contributed by atoms with Gasteiger partial charge in [0.15, 0.2) is 5.82 Å². The summed E-state index contributed by atoms with van der Waals surface area (Å²) in [5.41, 5.74) is 2.17. The van der Waals surface area contributed by atoms with Gasteiger partial charge in [0.05, 0.1) is 0 Å². The van der Waals surface area contributed by atoms with Crippen molar-refractivity contribution in [2.45, 2.75) is 26.7 Å². The van der Waals surface area contributed by atoms with Crippen molar-refractivity contribution in [2.75, 3.05) is 18.4 Å². The molecule has 6 nitrogen and oxygen atoms in total. The number of hydrogen-bond donors (Lipinski definition) is 1. The van der Waals surface area contributed by atoms with Gasteiger partial charge in [-0.1, -0.05) is 35.0 Å². The third-order valence-electron chi connectivity index (χ3n) is 4.52. The predicted molar refractivity (Wildman–Crippen MR) is 99.4 cm³/mol. The second-order valence-corrected chi connectivity index (χ2v) is 6.66. The zero-order valence-corrected chi connectivity index (χ0v) is 15.1. The molecule has 1 saturated heterocycles. The lowest BCUT2D eigenvalue weighted by molar-refractivity contribution is -0.130. The fourth-order valence-corrected chi connectivity index (χ4v) is 3.06. The molecule has 2 amide bonds. The average Bonchev–Trinajstić information content (AvgIpc) is 3.04. The van der Waals surface area contributed by atoms with E-state index in [4.69, 9.17) is 4.52 Å². The molecule has 1 fully saturated rings. The smallest absolute Gasteiger partial charge is 0.246 e. The lowest BCUT2D eigenvalue weighted by atomic mass is 9.96. The first-order valence-electron chi connectivity index (χ1n) is 8.79. The number of carbonyl (C=O) groups is 2. The van der Waals surface area contributed by atoms with Crippen molar-refractivity contribution >= 4 is 23.7 Å². The first kappa shape index (κ1) is 17.9. The Morgan fingerprint density at radius 3 is 2.65 bits per heavy atom. The SMILES string of the molecule is Cc1cccc(/C=C/C(=O)N2CCC(C(=O)Nc3cc(C)on3)CC2)c1. The minimum Gasteiger partial charge on any atom is -0.360 e. The van der Waals surface area contributed by atoms with Crippen LogP contribution in [0.25, 0.3) is 6.08 Å². The molecule has 0 spiro atoms. The third kappa shape index (κ3) is 4.59. The van der Waals surface area contributed by atoms with Crippen LogP contribution in [0, 0.1) is 19.8 Å². The number of carbonyl (C=O) groups excluding carboxylic acids is 2. The fraction of sp³-hybridized carbons (Fsp3) is 0.350. The van der Waals surface area contributed by atoms with Crippen LogP contribution in [0.4, 0.5) is 5.82 Å². The largest absolute Gasteiger partial charge is 0.360 e. The molecule has 3 rings (SSSR count). The Balaban J connectivity index is 1.49. The highest BCUT2D eigenvalue weighted by Crippen LogP contribution is 2.20. The summed E-state index contributed by atoms with van der Waals surface area (Å²) in [7, 11) is 0. The summed E-state index contributed by atoms with van der Waals surface area (Å²) in [6.45, 7) is 4.95. The van der Waals surface area contributed by atoms with Crippen molar-refractivity contribution in [1.82, 2.24) is 10.1 Å². The van der Waals surface area contributed by atoms with E-state index in [9.17, 15) is 9.59 Å². The molecule has 136 valence electrons. The molecule has 1 aliphatic rings. The van der Waals surface area contributed by atoms with Crippen molar-refractivity contribution in [3.63, 3.8) is 0 Å². The van der Waals surface area contributed by atoms with Gasteiger partial charge >= 0.3 is 0 Å². The number of aromatic nitrogens is 1. The van der Waals surface area contributed by atoms with Gasteiger partial charge in [-0.05, 0) is 38.3 Å². The van der Waals surface area contributed by atoms with Crippen molar-refractivity contribution in [3.05, 3.63) is 53.3 Å². The summed E-state index contributed by atoms with van der Waals surface area (Å²) in [5, 5.41) is 6.54. The summed E-state index contributed by atoms with van der Waals surface area (Å²) in [5.74, 6) is 0.892. The molecule has 2 aromatic rings. The van der Waals surface area contributed by atoms with Crippen molar-refractivity contribution in [2.24, 2.45) is 5.92 Å². The normalized spacial score (nSPS) is 15.4. The van der Waals surface area contributed by atoms with E-state index in [2.05, 4.69) is 10.5 Å². The summed E-state index contributed by atoms with van der Waals surface area (Å²) in [4.78, 5) is 26.4. The molecule has 1 aromatic carbocycles. The van der Waals surface area contributed by atoms with Crippen LogP contribution in [0.5, 0.6) is 0 Å². The van der Waals surface area contributed by atoms with Crippen LogP contribution in [0.1, 0.15) is 29.7 Å². The Kier molecular flexibility index (Phi) is 5.51. The van der Waals surface area contributed by atoms with E-state index in [1.54, 1.807) is 24.0 Å². The highest BCUT2D eigenvalue weighted by atomic mass is 16.5. The molecular formula is C20H23N3O3. The molecule has 1 N–H and O–H groups in total. The van der Waals surface area contributed by atoms with Crippen molar-refractivity contribution < 1.29 is 14.1 Å². The lowest BCUT2D eigenvalue weighted by Crippen LogP contribution is -2.40. The number of nitrogens with zero attached hydrogens (tertiary/aromatic N) is 2. The van der Waals surface area contributed by atoms with E-state index >= 15 is 0 Å². The van der Waals surface area contributed by atoms with Gasteiger partial charge in [0.2, 0.25) is 11.8 Å². The average molecular weight is 353 g/mol. The first-order chi connectivity index (χ1) is 12.5. The minimum absolute atomic E-state index is 0.0162. The minimum atomic E-state index is -0.114. The molecule has 0 atom stereocenters.